The number of ether oxygens (including phenoxy) is 1. The molecular formula is C20H26N6O2. The third-order valence-corrected chi connectivity index (χ3v) is 5.37. The van der Waals surface area contributed by atoms with E-state index in [1.807, 2.05) is 30.9 Å². The van der Waals surface area contributed by atoms with Crippen LogP contribution in [0.5, 0.6) is 11.6 Å². The molecule has 0 bridgehead atoms. The summed E-state index contributed by atoms with van der Waals surface area (Å²) in [7, 11) is 0. The fourth-order valence-electron chi connectivity index (χ4n) is 3.79. The third-order valence-electron chi connectivity index (χ3n) is 5.37. The van der Waals surface area contributed by atoms with E-state index in [1.54, 1.807) is 6.20 Å². The highest BCUT2D eigenvalue weighted by Gasteiger charge is 2.31. The zero-order valence-corrected chi connectivity index (χ0v) is 16.4. The SMILES string of the molecule is Cc1ncccc1Oc1ncnc(N2CCNC(C(=O)N3CCCC3)C2)c1C. The van der Waals surface area contributed by atoms with E-state index in [-0.39, 0.29) is 11.9 Å². The Morgan fingerprint density at radius 3 is 2.79 bits per heavy atom. The van der Waals surface area contributed by atoms with E-state index in [1.165, 1.54) is 6.33 Å². The summed E-state index contributed by atoms with van der Waals surface area (Å²) in [4.78, 5) is 29.9. The summed E-state index contributed by atoms with van der Waals surface area (Å²) in [6.07, 6.45) is 5.45. The van der Waals surface area contributed by atoms with Crippen LogP contribution < -0.4 is 15.0 Å². The lowest BCUT2D eigenvalue weighted by Gasteiger charge is -2.36. The summed E-state index contributed by atoms with van der Waals surface area (Å²) >= 11 is 0. The molecule has 1 N–H and O–H groups in total. The Balaban J connectivity index is 1.52. The first-order chi connectivity index (χ1) is 13.6. The number of rotatable bonds is 4. The lowest BCUT2D eigenvalue weighted by atomic mass is 10.1. The number of anilines is 1. The topological polar surface area (TPSA) is 83.5 Å². The summed E-state index contributed by atoms with van der Waals surface area (Å²) in [6, 6.07) is 3.51. The van der Waals surface area contributed by atoms with Gasteiger partial charge in [0, 0.05) is 38.9 Å². The van der Waals surface area contributed by atoms with Crippen LogP contribution in [-0.2, 0) is 4.79 Å². The van der Waals surface area contributed by atoms with Crippen molar-refractivity contribution in [1.82, 2.24) is 25.2 Å². The first-order valence-electron chi connectivity index (χ1n) is 9.81. The standard InChI is InChI=1S/C20H26N6O2/c1-14-18(23-13-24-19(14)28-17-6-5-7-21-15(17)2)26-11-8-22-16(12-26)20(27)25-9-3-4-10-25/h5-7,13,16,22H,3-4,8-12H2,1-2H3. The van der Waals surface area contributed by atoms with Crippen LogP contribution in [0.1, 0.15) is 24.1 Å². The Kier molecular flexibility index (Phi) is 5.38. The highest BCUT2D eigenvalue weighted by Crippen LogP contribution is 2.29. The van der Waals surface area contributed by atoms with Crippen molar-refractivity contribution in [3.63, 3.8) is 0 Å². The van der Waals surface area contributed by atoms with Gasteiger partial charge < -0.3 is 19.9 Å². The van der Waals surface area contributed by atoms with Gasteiger partial charge in [-0.3, -0.25) is 9.78 Å². The first-order valence-corrected chi connectivity index (χ1v) is 9.81. The zero-order valence-electron chi connectivity index (χ0n) is 16.4. The van der Waals surface area contributed by atoms with E-state index in [0.29, 0.717) is 18.2 Å². The maximum absolute atomic E-state index is 12.8. The quantitative estimate of drug-likeness (QED) is 0.861. The Bertz CT molecular complexity index is 852. The van der Waals surface area contributed by atoms with Crippen molar-refractivity contribution in [2.75, 3.05) is 37.6 Å². The third kappa shape index (κ3) is 3.77. The Hall–Kier alpha value is -2.74. The van der Waals surface area contributed by atoms with Crippen LogP contribution in [0.25, 0.3) is 0 Å². The van der Waals surface area contributed by atoms with Crippen LogP contribution >= 0.6 is 0 Å². The number of piperazine rings is 1. The number of hydrogen-bond donors (Lipinski definition) is 1. The number of aryl methyl sites for hydroxylation is 1. The summed E-state index contributed by atoms with van der Waals surface area (Å²) in [5.74, 6) is 2.20. The number of carbonyl (C=O) groups excluding carboxylic acids is 1. The van der Waals surface area contributed by atoms with Crippen LogP contribution in [0.15, 0.2) is 24.7 Å². The molecule has 28 heavy (non-hydrogen) atoms. The molecule has 0 saturated carbocycles. The van der Waals surface area contributed by atoms with Crippen molar-refractivity contribution >= 4 is 11.7 Å². The smallest absolute Gasteiger partial charge is 0.241 e. The predicted molar refractivity (Wildman–Crippen MR) is 106 cm³/mol. The number of aromatic nitrogens is 3. The second-order valence-electron chi connectivity index (χ2n) is 7.30. The molecule has 0 aromatic carbocycles. The van der Waals surface area contributed by atoms with Crippen LogP contribution in [0.4, 0.5) is 5.82 Å². The highest BCUT2D eigenvalue weighted by atomic mass is 16.5. The molecule has 1 atom stereocenters. The minimum atomic E-state index is -0.203. The molecule has 2 aromatic heterocycles. The van der Waals surface area contributed by atoms with E-state index in [9.17, 15) is 4.79 Å². The maximum Gasteiger partial charge on any atom is 0.241 e. The highest BCUT2D eigenvalue weighted by molar-refractivity contribution is 5.83. The molecule has 0 radical (unpaired) electrons. The Morgan fingerprint density at radius 1 is 1.18 bits per heavy atom. The molecule has 4 rings (SSSR count). The number of nitrogens with zero attached hydrogens (tertiary/aromatic N) is 5. The molecule has 2 aromatic rings. The molecular weight excluding hydrogens is 356 g/mol. The predicted octanol–water partition coefficient (Wildman–Crippen LogP) is 1.68. The Morgan fingerprint density at radius 2 is 2.00 bits per heavy atom. The van der Waals surface area contributed by atoms with E-state index < -0.39 is 0 Å². The second kappa shape index (κ2) is 8.10. The van der Waals surface area contributed by atoms with Crippen molar-refractivity contribution in [3.8, 4) is 11.6 Å². The number of pyridine rings is 1. The lowest BCUT2D eigenvalue weighted by Crippen LogP contribution is -2.57. The lowest BCUT2D eigenvalue weighted by molar-refractivity contribution is -0.132. The Labute approximate surface area is 164 Å². The molecule has 8 heteroatoms. The van der Waals surface area contributed by atoms with Crippen LogP contribution in [0, 0.1) is 13.8 Å². The van der Waals surface area contributed by atoms with Crippen LogP contribution in [0.3, 0.4) is 0 Å². The van der Waals surface area contributed by atoms with Crippen molar-refractivity contribution in [2.45, 2.75) is 32.7 Å². The molecule has 1 amide bonds. The number of amides is 1. The summed E-state index contributed by atoms with van der Waals surface area (Å²) < 4.78 is 6.00. The van der Waals surface area contributed by atoms with Gasteiger partial charge in [-0.2, -0.15) is 0 Å². The van der Waals surface area contributed by atoms with E-state index >= 15 is 0 Å². The van der Waals surface area contributed by atoms with Crippen molar-refractivity contribution in [1.29, 1.82) is 0 Å². The van der Waals surface area contributed by atoms with Gasteiger partial charge in [-0.25, -0.2) is 9.97 Å². The molecule has 2 aliphatic heterocycles. The van der Waals surface area contributed by atoms with Gasteiger partial charge in [-0.15, -0.1) is 0 Å². The number of carbonyl (C=O) groups is 1. The molecule has 8 nitrogen and oxygen atoms in total. The number of nitrogens with one attached hydrogen (secondary N) is 1. The van der Waals surface area contributed by atoms with Crippen molar-refractivity contribution < 1.29 is 9.53 Å². The van der Waals surface area contributed by atoms with Gasteiger partial charge in [0.05, 0.1) is 11.3 Å². The first kappa shape index (κ1) is 18.6. The van der Waals surface area contributed by atoms with Gasteiger partial charge in [0.2, 0.25) is 11.8 Å². The number of likely N-dealkylation sites (tertiary alicyclic amines) is 1. The van der Waals surface area contributed by atoms with Gasteiger partial charge in [-0.05, 0) is 38.8 Å². The van der Waals surface area contributed by atoms with E-state index in [2.05, 4.69) is 25.2 Å². The van der Waals surface area contributed by atoms with Gasteiger partial charge in [0.15, 0.2) is 5.75 Å². The van der Waals surface area contributed by atoms with Gasteiger partial charge in [0.1, 0.15) is 18.2 Å². The molecule has 4 heterocycles. The zero-order chi connectivity index (χ0) is 19.5. The summed E-state index contributed by atoms with van der Waals surface area (Å²) in [6.45, 7) is 7.71. The summed E-state index contributed by atoms with van der Waals surface area (Å²) in [5.41, 5.74) is 1.67. The van der Waals surface area contributed by atoms with Crippen LogP contribution in [0.2, 0.25) is 0 Å². The minimum Gasteiger partial charge on any atom is -0.437 e. The molecule has 1 unspecified atom stereocenters. The van der Waals surface area contributed by atoms with Crippen molar-refractivity contribution in [2.24, 2.45) is 0 Å². The minimum absolute atomic E-state index is 0.191. The summed E-state index contributed by atoms with van der Waals surface area (Å²) in [5, 5.41) is 3.36. The molecule has 0 aliphatic carbocycles. The fourth-order valence-corrected chi connectivity index (χ4v) is 3.79. The normalized spacial score (nSPS) is 19.7. The fraction of sp³-hybridized carbons (Fsp3) is 0.500. The van der Waals surface area contributed by atoms with Crippen LogP contribution in [-0.4, -0.2) is 64.5 Å². The molecule has 2 saturated heterocycles. The molecule has 2 aliphatic rings. The largest absolute Gasteiger partial charge is 0.437 e. The molecule has 2 fully saturated rings. The second-order valence-corrected chi connectivity index (χ2v) is 7.30. The van der Waals surface area contributed by atoms with Gasteiger partial charge in [0.25, 0.3) is 0 Å². The molecule has 0 spiro atoms. The van der Waals surface area contributed by atoms with Gasteiger partial charge >= 0.3 is 0 Å². The monoisotopic (exact) mass is 382 g/mol. The molecule has 148 valence electrons. The maximum atomic E-state index is 12.8. The van der Waals surface area contributed by atoms with Crippen molar-refractivity contribution in [3.05, 3.63) is 35.9 Å². The average molecular weight is 382 g/mol. The van der Waals surface area contributed by atoms with E-state index in [4.69, 9.17) is 4.74 Å². The number of hydrogen-bond acceptors (Lipinski definition) is 7. The van der Waals surface area contributed by atoms with Gasteiger partial charge in [-0.1, -0.05) is 0 Å². The average Bonchev–Trinajstić information content (AvgIpc) is 3.25. The van der Waals surface area contributed by atoms with E-state index in [0.717, 1.165) is 56.1 Å².